The fraction of sp³-hybridized carbons (Fsp3) is 0.682. The van der Waals surface area contributed by atoms with Crippen LogP contribution in [-0.2, 0) is 32.7 Å². The SMILES string of the molecule is CC/C=C\C/C=C\C/C=C\C/C=C\CCC(=O)OC(COC(=O)CCCCCCCCC/C=C\C/C=C\CCCCC)COP(=O)(O)OCC[N+](C)(C)C. The standard InChI is InChI=1S/C44H76NO8P/c1-6-8-10-12-14-16-18-20-21-22-23-25-26-28-30-32-34-36-43(46)50-40-42(41-52-54(48,49)51-39-38-45(3,4)5)53-44(47)37-35-33-31-29-27-24-19-17-15-13-11-9-7-2/h9,11,14-17,20-21,24,27,31,33,42H,6-8,10,12-13,18-19,22-23,25-26,28-30,32,34-41H2,1-5H3/p+1/b11-9-,16-14-,17-15-,21-20-,27-24-,33-31-. The Balaban J connectivity index is 4.49. The number of carbonyl (C=O) groups excluding carboxylic acids is 2. The number of allylic oxidation sites excluding steroid dienone is 12. The maximum Gasteiger partial charge on any atom is 0.472 e. The van der Waals surface area contributed by atoms with E-state index in [1.807, 2.05) is 33.3 Å². The lowest BCUT2D eigenvalue weighted by Crippen LogP contribution is -2.37. The monoisotopic (exact) mass is 779 g/mol. The Bertz CT molecular complexity index is 1150. The van der Waals surface area contributed by atoms with Crippen molar-refractivity contribution < 1.29 is 42.1 Å². The summed E-state index contributed by atoms with van der Waals surface area (Å²) in [5, 5.41) is 0. The number of esters is 2. The molecule has 0 rings (SSSR count). The Morgan fingerprint density at radius 3 is 1.65 bits per heavy atom. The van der Waals surface area contributed by atoms with Gasteiger partial charge in [-0.1, -0.05) is 132 Å². The molecule has 0 saturated carbocycles. The van der Waals surface area contributed by atoms with Gasteiger partial charge >= 0.3 is 19.8 Å². The lowest BCUT2D eigenvalue weighted by Gasteiger charge is -2.24. The molecule has 10 heteroatoms. The van der Waals surface area contributed by atoms with Crippen LogP contribution in [0.1, 0.15) is 142 Å². The molecule has 2 unspecified atom stereocenters. The van der Waals surface area contributed by atoms with Gasteiger partial charge in [0.2, 0.25) is 0 Å². The lowest BCUT2D eigenvalue weighted by atomic mass is 10.1. The van der Waals surface area contributed by atoms with Crippen LogP contribution in [0.2, 0.25) is 0 Å². The van der Waals surface area contributed by atoms with E-state index in [9.17, 15) is 19.0 Å². The summed E-state index contributed by atoms with van der Waals surface area (Å²) in [5.74, 6) is -0.910. The van der Waals surface area contributed by atoms with Crippen LogP contribution in [0.25, 0.3) is 0 Å². The second kappa shape index (κ2) is 36.1. The maximum atomic E-state index is 12.6. The Morgan fingerprint density at radius 2 is 1.09 bits per heavy atom. The molecule has 0 aliphatic heterocycles. The van der Waals surface area contributed by atoms with Gasteiger partial charge in [0.05, 0.1) is 27.7 Å². The Kier molecular flexibility index (Phi) is 34.4. The number of carbonyl (C=O) groups is 2. The minimum Gasteiger partial charge on any atom is -0.462 e. The number of rotatable bonds is 36. The summed E-state index contributed by atoms with van der Waals surface area (Å²) in [6.45, 7) is 4.16. The van der Waals surface area contributed by atoms with Crippen LogP contribution in [-0.4, -0.2) is 74.9 Å². The van der Waals surface area contributed by atoms with E-state index < -0.39 is 32.5 Å². The molecular formula is C44H77NO8P+. The van der Waals surface area contributed by atoms with Gasteiger partial charge in [-0.2, -0.15) is 0 Å². The number of quaternary nitrogens is 1. The molecule has 0 aliphatic carbocycles. The zero-order valence-electron chi connectivity index (χ0n) is 34.7. The largest absolute Gasteiger partial charge is 0.472 e. The molecular weight excluding hydrogens is 701 g/mol. The molecule has 1 N–H and O–H groups in total. The molecule has 0 aromatic rings. The van der Waals surface area contributed by atoms with Gasteiger partial charge in [0.1, 0.15) is 19.8 Å². The first kappa shape index (κ1) is 51.5. The van der Waals surface area contributed by atoms with Crippen molar-refractivity contribution in [3.8, 4) is 0 Å². The molecule has 9 nitrogen and oxygen atoms in total. The third-order valence-corrected chi connectivity index (χ3v) is 9.22. The third-order valence-electron chi connectivity index (χ3n) is 8.23. The van der Waals surface area contributed by atoms with E-state index in [1.54, 1.807) is 0 Å². The predicted octanol–water partition coefficient (Wildman–Crippen LogP) is 11.5. The normalized spacial score (nSPS) is 14.4. The molecule has 2 atom stereocenters. The molecule has 54 heavy (non-hydrogen) atoms. The number of phosphoric acid groups is 1. The van der Waals surface area contributed by atoms with Gasteiger partial charge in [-0.3, -0.25) is 18.6 Å². The van der Waals surface area contributed by atoms with E-state index in [-0.39, 0.29) is 26.1 Å². The molecule has 0 heterocycles. The summed E-state index contributed by atoms with van der Waals surface area (Å²) in [6, 6.07) is 0. The summed E-state index contributed by atoms with van der Waals surface area (Å²) in [7, 11) is 1.42. The highest BCUT2D eigenvalue weighted by Crippen LogP contribution is 2.43. The highest BCUT2D eigenvalue weighted by atomic mass is 31.2. The zero-order valence-corrected chi connectivity index (χ0v) is 35.6. The first-order valence-electron chi connectivity index (χ1n) is 20.7. The minimum atomic E-state index is -4.39. The molecule has 0 bridgehead atoms. The molecule has 0 aromatic heterocycles. The second-order valence-corrected chi connectivity index (χ2v) is 16.1. The summed E-state index contributed by atoms with van der Waals surface area (Å²) >= 11 is 0. The van der Waals surface area contributed by atoms with Crippen LogP contribution < -0.4 is 0 Å². The molecule has 0 saturated heterocycles. The molecule has 0 spiro atoms. The van der Waals surface area contributed by atoms with Gasteiger partial charge in [0, 0.05) is 12.8 Å². The van der Waals surface area contributed by atoms with Gasteiger partial charge in [0.15, 0.2) is 6.10 Å². The summed E-state index contributed by atoms with van der Waals surface area (Å²) in [5.41, 5.74) is 0. The van der Waals surface area contributed by atoms with Gasteiger partial charge < -0.3 is 18.9 Å². The quantitative estimate of drug-likeness (QED) is 0.0220. The maximum absolute atomic E-state index is 12.6. The highest BCUT2D eigenvalue weighted by Gasteiger charge is 2.27. The predicted molar refractivity (Wildman–Crippen MR) is 224 cm³/mol. The minimum absolute atomic E-state index is 0.0142. The van der Waals surface area contributed by atoms with Crippen LogP contribution in [0.15, 0.2) is 72.9 Å². The molecule has 0 aromatic carbocycles. The molecule has 0 radical (unpaired) electrons. The van der Waals surface area contributed by atoms with Crippen molar-refractivity contribution in [3.05, 3.63) is 72.9 Å². The Labute approximate surface area is 329 Å². The third kappa shape index (κ3) is 39.2. The molecule has 0 amide bonds. The topological polar surface area (TPSA) is 108 Å². The summed E-state index contributed by atoms with van der Waals surface area (Å²) < 4.78 is 34.1. The highest BCUT2D eigenvalue weighted by molar-refractivity contribution is 7.47. The van der Waals surface area contributed by atoms with Crippen molar-refractivity contribution >= 4 is 19.8 Å². The van der Waals surface area contributed by atoms with Crippen LogP contribution in [0.4, 0.5) is 0 Å². The van der Waals surface area contributed by atoms with Crippen LogP contribution in [0, 0.1) is 0 Å². The number of nitrogens with zero attached hydrogens (tertiary/aromatic N) is 1. The summed E-state index contributed by atoms with van der Waals surface area (Å²) in [6.07, 6.45) is 44.0. The molecule has 310 valence electrons. The Morgan fingerprint density at radius 1 is 0.593 bits per heavy atom. The van der Waals surface area contributed by atoms with Crippen molar-refractivity contribution in [1.82, 2.24) is 0 Å². The zero-order chi connectivity index (χ0) is 40.0. The number of phosphoric ester groups is 1. The number of ether oxygens (including phenoxy) is 2. The number of hydrogen-bond acceptors (Lipinski definition) is 7. The van der Waals surface area contributed by atoms with E-state index in [1.165, 1.54) is 44.9 Å². The number of unbranched alkanes of at least 4 members (excludes halogenated alkanes) is 10. The van der Waals surface area contributed by atoms with Crippen LogP contribution in [0.3, 0.4) is 0 Å². The first-order chi connectivity index (χ1) is 26.0. The first-order valence-corrected chi connectivity index (χ1v) is 22.2. The van der Waals surface area contributed by atoms with E-state index in [0.717, 1.165) is 64.2 Å². The van der Waals surface area contributed by atoms with Gasteiger partial charge in [-0.15, -0.1) is 0 Å². The van der Waals surface area contributed by atoms with Gasteiger partial charge in [-0.05, 0) is 70.6 Å². The van der Waals surface area contributed by atoms with Crippen molar-refractivity contribution in [2.75, 3.05) is 47.5 Å². The van der Waals surface area contributed by atoms with Gasteiger partial charge in [-0.25, -0.2) is 4.57 Å². The molecule has 0 fully saturated rings. The van der Waals surface area contributed by atoms with E-state index in [2.05, 4.69) is 74.6 Å². The van der Waals surface area contributed by atoms with Crippen molar-refractivity contribution in [3.63, 3.8) is 0 Å². The average Bonchev–Trinajstić information content (AvgIpc) is 3.12. The van der Waals surface area contributed by atoms with Crippen molar-refractivity contribution in [2.24, 2.45) is 0 Å². The fourth-order valence-corrected chi connectivity index (χ4v) is 5.74. The van der Waals surface area contributed by atoms with E-state index in [4.69, 9.17) is 18.5 Å². The van der Waals surface area contributed by atoms with Crippen LogP contribution >= 0.6 is 7.82 Å². The van der Waals surface area contributed by atoms with Crippen LogP contribution in [0.5, 0.6) is 0 Å². The lowest BCUT2D eigenvalue weighted by molar-refractivity contribution is -0.870. The summed E-state index contributed by atoms with van der Waals surface area (Å²) in [4.78, 5) is 35.2. The average molecular weight is 779 g/mol. The van der Waals surface area contributed by atoms with Gasteiger partial charge in [0.25, 0.3) is 0 Å². The van der Waals surface area contributed by atoms with Crippen molar-refractivity contribution in [1.29, 1.82) is 0 Å². The van der Waals surface area contributed by atoms with E-state index in [0.29, 0.717) is 17.4 Å². The fourth-order valence-electron chi connectivity index (χ4n) is 5.00. The Hall–Kier alpha value is -2.55. The number of likely N-dealkylation sites (N-methyl/N-ethyl adjacent to an activating group) is 1. The molecule has 0 aliphatic rings. The second-order valence-electron chi connectivity index (χ2n) is 14.6. The number of hydrogen-bond donors (Lipinski definition) is 1. The van der Waals surface area contributed by atoms with Crippen molar-refractivity contribution in [2.45, 2.75) is 148 Å². The smallest absolute Gasteiger partial charge is 0.462 e. The van der Waals surface area contributed by atoms with E-state index >= 15 is 0 Å².